The predicted octanol–water partition coefficient (Wildman–Crippen LogP) is 2.99. The number of nitrogens with two attached hydrogens (primary N) is 1. The number of phenolic OH excluding ortho intramolecular Hbond substituents is 1. The molecule has 0 fully saturated rings. The van der Waals surface area contributed by atoms with Gasteiger partial charge in [-0.05, 0) is 42.3 Å². The maximum absolute atomic E-state index is 9.34. The summed E-state index contributed by atoms with van der Waals surface area (Å²) in [5.74, 6) is 1.05. The van der Waals surface area contributed by atoms with Crippen LogP contribution in [0.3, 0.4) is 0 Å². The molecule has 0 amide bonds. The molecule has 3 nitrogen and oxygen atoms in total. The number of aromatic hydroxyl groups is 1. The van der Waals surface area contributed by atoms with Gasteiger partial charge in [0, 0.05) is 6.04 Å². The quantitative estimate of drug-likeness (QED) is 0.868. The molecule has 2 aromatic rings. The largest absolute Gasteiger partial charge is 0.508 e. The van der Waals surface area contributed by atoms with E-state index in [0.717, 1.165) is 16.9 Å². The molecule has 0 unspecified atom stereocenters. The van der Waals surface area contributed by atoms with Crippen molar-refractivity contribution >= 4 is 0 Å². The van der Waals surface area contributed by atoms with Crippen molar-refractivity contribution in [1.29, 1.82) is 0 Å². The summed E-state index contributed by atoms with van der Waals surface area (Å²) in [5.41, 5.74) is 7.80. The van der Waals surface area contributed by atoms with E-state index < -0.39 is 0 Å². The standard InChI is InChI=1S/C15H17NO2/c1-11(16)13-5-7-15(8-6-13)18-10-12-3-2-4-14(17)9-12/h2-9,11,17H,10,16H2,1H3/t11-/m1/s1. The summed E-state index contributed by atoms with van der Waals surface area (Å²) < 4.78 is 5.63. The van der Waals surface area contributed by atoms with Crippen LogP contribution in [0.1, 0.15) is 24.1 Å². The number of benzene rings is 2. The first-order chi connectivity index (χ1) is 8.65. The molecule has 0 heterocycles. The minimum absolute atomic E-state index is 0.0325. The van der Waals surface area contributed by atoms with Crippen molar-refractivity contribution in [2.45, 2.75) is 19.6 Å². The number of hydrogen-bond donors (Lipinski definition) is 2. The lowest BCUT2D eigenvalue weighted by Crippen LogP contribution is -2.04. The predicted molar refractivity (Wildman–Crippen MR) is 71.5 cm³/mol. The van der Waals surface area contributed by atoms with Crippen LogP contribution in [-0.4, -0.2) is 5.11 Å². The van der Waals surface area contributed by atoms with E-state index >= 15 is 0 Å². The first-order valence-corrected chi connectivity index (χ1v) is 5.91. The van der Waals surface area contributed by atoms with E-state index in [9.17, 15) is 5.11 Å². The Morgan fingerprint density at radius 1 is 1.17 bits per heavy atom. The van der Waals surface area contributed by atoms with Crippen LogP contribution >= 0.6 is 0 Å². The van der Waals surface area contributed by atoms with E-state index in [1.807, 2.05) is 37.3 Å². The third-order valence-electron chi connectivity index (χ3n) is 2.72. The average molecular weight is 243 g/mol. The Bertz CT molecular complexity index is 506. The molecule has 0 radical (unpaired) electrons. The topological polar surface area (TPSA) is 55.5 Å². The maximum atomic E-state index is 9.34. The Kier molecular flexibility index (Phi) is 3.85. The highest BCUT2D eigenvalue weighted by Gasteiger charge is 2.00. The smallest absolute Gasteiger partial charge is 0.119 e. The van der Waals surface area contributed by atoms with Crippen molar-refractivity contribution in [3.8, 4) is 11.5 Å². The fourth-order valence-electron chi connectivity index (χ4n) is 1.68. The van der Waals surface area contributed by atoms with E-state index in [4.69, 9.17) is 10.5 Å². The Morgan fingerprint density at radius 2 is 1.89 bits per heavy atom. The first kappa shape index (κ1) is 12.5. The second-order valence-electron chi connectivity index (χ2n) is 4.32. The van der Waals surface area contributed by atoms with Gasteiger partial charge in [-0.15, -0.1) is 0 Å². The molecule has 3 heteroatoms. The van der Waals surface area contributed by atoms with E-state index in [0.29, 0.717) is 6.61 Å². The van der Waals surface area contributed by atoms with Crippen molar-refractivity contribution in [1.82, 2.24) is 0 Å². The first-order valence-electron chi connectivity index (χ1n) is 5.91. The molecular formula is C15H17NO2. The van der Waals surface area contributed by atoms with Gasteiger partial charge in [0.15, 0.2) is 0 Å². The highest BCUT2D eigenvalue weighted by Crippen LogP contribution is 2.18. The van der Waals surface area contributed by atoms with Gasteiger partial charge in [-0.2, -0.15) is 0 Å². The third kappa shape index (κ3) is 3.25. The van der Waals surface area contributed by atoms with Crippen LogP contribution < -0.4 is 10.5 Å². The summed E-state index contributed by atoms with van der Waals surface area (Å²) in [6, 6.07) is 14.8. The van der Waals surface area contributed by atoms with Gasteiger partial charge in [0.25, 0.3) is 0 Å². The lowest BCUT2D eigenvalue weighted by atomic mass is 10.1. The van der Waals surface area contributed by atoms with Crippen molar-refractivity contribution < 1.29 is 9.84 Å². The van der Waals surface area contributed by atoms with Crippen LogP contribution in [0.25, 0.3) is 0 Å². The summed E-state index contributed by atoms with van der Waals surface area (Å²) in [5, 5.41) is 9.34. The van der Waals surface area contributed by atoms with Crippen molar-refractivity contribution in [2.24, 2.45) is 5.73 Å². The van der Waals surface area contributed by atoms with Crippen LogP contribution in [0.4, 0.5) is 0 Å². The molecule has 0 spiro atoms. The van der Waals surface area contributed by atoms with E-state index in [1.54, 1.807) is 18.2 Å². The Hall–Kier alpha value is -2.00. The Labute approximate surface area is 107 Å². The number of rotatable bonds is 4. The second kappa shape index (κ2) is 5.56. The van der Waals surface area contributed by atoms with Gasteiger partial charge in [-0.3, -0.25) is 0 Å². The molecule has 0 saturated heterocycles. The minimum Gasteiger partial charge on any atom is -0.508 e. The summed E-state index contributed by atoms with van der Waals surface area (Å²) in [7, 11) is 0. The zero-order chi connectivity index (χ0) is 13.0. The Morgan fingerprint density at radius 3 is 2.50 bits per heavy atom. The molecule has 2 aromatic carbocycles. The van der Waals surface area contributed by atoms with Gasteiger partial charge in [-0.25, -0.2) is 0 Å². The van der Waals surface area contributed by atoms with Crippen molar-refractivity contribution in [2.75, 3.05) is 0 Å². The third-order valence-corrected chi connectivity index (χ3v) is 2.72. The SMILES string of the molecule is C[C@@H](N)c1ccc(OCc2cccc(O)c2)cc1. The molecule has 1 atom stereocenters. The lowest BCUT2D eigenvalue weighted by Gasteiger charge is -2.09. The van der Waals surface area contributed by atoms with Gasteiger partial charge < -0.3 is 15.6 Å². The van der Waals surface area contributed by atoms with Gasteiger partial charge in [0.05, 0.1) is 0 Å². The van der Waals surface area contributed by atoms with Crippen LogP contribution in [0.15, 0.2) is 48.5 Å². The molecule has 0 bridgehead atoms. The van der Waals surface area contributed by atoms with Crippen molar-refractivity contribution in [3.05, 3.63) is 59.7 Å². The molecule has 94 valence electrons. The van der Waals surface area contributed by atoms with Gasteiger partial charge in [0.2, 0.25) is 0 Å². The molecule has 0 aliphatic heterocycles. The van der Waals surface area contributed by atoms with Crippen LogP contribution in [0.2, 0.25) is 0 Å². The molecule has 0 aromatic heterocycles. The highest BCUT2D eigenvalue weighted by atomic mass is 16.5. The number of hydrogen-bond acceptors (Lipinski definition) is 3. The minimum atomic E-state index is 0.0325. The summed E-state index contributed by atoms with van der Waals surface area (Å²) in [6.07, 6.45) is 0. The van der Waals surface area contributed by atoms with Crippen LogP contribution in [-0.2, 0) is 6.61 Å². The lowest BCUT2D eigenvalue weighted by molar-refractivity contribution is 0.305. The average Bonchev–Trinajstić information content (AvgIpc) is 2.37. The second-order valence-corrected chi connectivity index (χ2v) is 4.32. The molecule has 0 saturated carbocycles. The Balaban J connectivity index is 1.98. The number of ether oxygens (including phenoxy) is 1. The fraction of sp³-hybridized carbons (Fsp3) is 0.200. The van der Waals surface area contributed by atoms with Crippen LogP contribution in [0, 0.1) is 0 Å². The van der Waals surface area contributed by atoms with Crippen molar-refractivity contribution in [3.63, 3.8) is 0 Å². The van der Waals surface area contributed by atoms with E-state index in [2.05, 4.69) is 0 Å². The van der Waals surface area contributed by atoms with Gasteiger partial charge in [-0.1, -0.05) is 24.3 Å². The van der Waals surface area contributed by atoms with Crippen LogP contribution in [0.5, 0.6) is 11.5 Å². The fourth-order valence-corrected chi connectivity index (χ4v) is 1.68. The summed E-state index contributed by atoms with van der Waals surface area (Å²) in [6.45, 7) is 2.38. The highest BCUT2D eigenvalue weighted by molar-refractivity contribution is 5.30. The molecule has 18 heavy (non-hydrogen) atoms. The summed E-state index contributed by atoms with van der Waals surface area (Å²) >= 11 is 0. The molecule has 0 aliphatic rings. The normalized spacial score (nSPS) is 12.1. The number of phenols is 1. The maximum Gasteiger partial charge on any atom is 0.119 e. The monoisotopic (exact) mass is 243 g/mol. The zero-order valence-electron chi connectivity index (χ0n) is 10.3. The zero-order valence-corrected chi connectivity index (χ0v) is 10.3. The van der Waals surface area contributed by atoms with E-state index in [-0.39, 0.29) is 11.8 Å². The van der Waals surface area contributed by atoms with E-state index in [1.165, 1.54) is 0 Å². The molecule has 0 aliphatic carbocycles. The van der Waals surface area contributed by atoms with Gasteiger partial charge in [0.1, 0.15) is 18.1 Å². The van der Waals surface area contributed by atoms with Gasteiger partial charge >= 0.3 is 0 Å². The molecular weight excluding hydrogens is 226 g/mol. The molecule has 3 N–H and O–H groups in total. The molecule has 2 rings (SSSR count). The summed E-state index contributed by atoms with van der Waals surface area (Å²) in [4.78, 5) is 0.